The number of methoxy groups -OCH3 is 1. The molecule has 0 unspecified atom stereocenters. The van der Waals surface area contributed by atoms with Gasteiger partial charge < -0.3 is 14.0 Å². The van der Waals surface area contributed by atoms with Crippen LogP contribution in [0.5, 0.6) is 5.75 Å². The number of carbonyl (C=O) groups excluding carboxylic acids is 1. The van der Waals surface area contributed by atoms with Gasteiger partial charge in [0.1, 0.15) is 10.6 Å². The quantitative estimate of drug-likeness (QED) is 0.690. The minimum absolute atomic E-state index is 0.0560. The molecule has 9 nitrogen and oxygen atoms in total. The van der Waals surface area contributed by atoms with Crippen molar-refractivity contribution in [3.8, 4) is 5.75 Å². The van der Waals surface area contributed by atoms with Crippen LogP contribution >= 0.6 is 0 Å². The van der Waals surface area contributed by atoms with Crippen molar-refractivity contribution in [3.05, 3.63) is 35.5 Å². The number of hydrogen-bond acceptors (Lipinski definition) is 8. The van der Waals surface area contributed by atoms with Gasteiger partial charge in [-0.25, -0.2) is 17.9 Å². The zero-order chi connectivity index (χ0) is 21.1. The van der Waals surface area contributed by atoms with Crippen LogP contribution in [0.1, 0.15) is 56.7 Å². The van der Waals surface area contributed by atoms with Crippen LogP contribution in [-0.2, 0) is 26.8 Å². The van der Waals surface area contributed by atoms with Crippen molar-refractivity contribution in [1.29, 1.82) is 0 Å². The van der Waals surface area contributed by atoms with E-state index in [1.165, 1.54) is 25.3 Å². The average molecular weight is 411 g/mol. The molecule has 1 heterocycles. The van der Waals surface area contributed by atoms with Crippen molar-refractivity contribution in [2.24, 2.45) is 0 Å². The second kappa shape index (κ2) is 8.27. The topological polar surface area (TPSA) is 121 Å². The lowest BCUT2D eigenvalue weighted by molar-refractivity contribution is 0.0429. The fraction of sp³-hybridized carbons (Fsp3) is 0.500. The summed E-state index contributed by atoms with van der Waals surface area (Å²) in [4.78, 5) is 16.4. The molecular weight excluding hydrogens is 386 g/mol. The number of nitrogens with zero attached hydrogens (tertiary/aromatic N) is 2. The van der Waals surface area contributed by atoms with Crippen LogP contribution < -0.4 is 9.46 Å². The Labute approximate surface area is 164 Å². The minimum Gasteiger partial charge on any atom is -0.495 e. The van der Waals surface area contributed by atoms with Crippen molar-refractivity contribution in [3.63, 3.8) is 0 Å². The maximum absolute atomic E-state index is 12.5. The van der Waals surface area contributed by atoms with E-state index in [1.54, 1.807) is 13.8 Å². The summed E-state index contributed by atoms with van der Waals surface area (Å²) >= 11 is 0. The molecule has 0 saturated carbocycles. The van der Waals surface area contributed by atoms with Gasteiger partial charge in [0.05, 0.1) is 12.7 Å². The molecule has 1 N–H and O–H groups in total. The van der Waals surface area contributed by atoms with E-state index in [2.05, 4.69) is 14.9 Å². The molecule has 10 heteroatoms. The summed E-state index contributed by atoms with van der Waals surface area (Å²) in [5.41, 5.74) is -0.241. The van der Waals surface area contributed by atoms with Crippen molar-refractivity contribution in [2.75, 3.05) is 7.11 Å². The lowest BCUT2D eigenvalue weighted by Crippen LogP contribution is -2.30. The van der Waals surface area contributed by atoms with Gasteiger partial charge in [0.15, 0.2) is 12.4 Å². The van der Waals surface area contributed by atoms with Crippen LogP contribution in [0.3, 0.4) is 0 Å². The zero-order valence-electron chi connectivity index (χ0n) is 16.8. The van der Waals surface area contributed by atoms with E-state index in [1.807, 2.05) is 20.8 Å². The van der Waals surface area contributed by atoms with Crippen LogP contribution in [0.2, 0.25) is 0 Å². The summed E-state index contributed by atoms with van der Waals surface area (Å²) in [6.07, 6.45) is 0. The SMILES string of the molecule is COc1ccc(C(=O)OCc2nc(C(C)(C)C)no2)cc1S(=O)(=O)NC(C)C. The van der Waals surface area contributed by atoms with Crippen LogP contribution in [0.25, 0.3) is 0 Å². The summed E-state index contributed by atoms with van der Waals surface area (Å²) in [5.74, 6) is 0.0489. The number of carbonyl (C=O) groups is 1. The maximum atomic E-state index is 12.5. The Morgan fingerprint density at radius 2 is 1.96 bits per heavy atom. The van der Waals surface area contributed by atoms with Crippen molar-refractivity contribution in [1.82, 2.24) is 14.9 Å². The summed E-state index contributed by atoms with van der Waals surface area (Å²) in [5, 5.41) is 3.85. The first-order valence-corrected chi connectivity index (χ1v) is 10.1. The van der Waals surface area contributed by atoms with E-state index in [0.717, 1.165) is 0 Å². The van der Waals surface area contributed by atoms with Crippen molar-refractivity contribution in [2.45, 2.75) is 57.6 Å². The second-order valence-electron chi connectivity index (χ2n) is 7.48. The van der Waals surface area contributed by atoms with Gasteiger partial charge in [0, 0.05) is 11.5 Å². The number of ether oxygens (including phenoxy) is 2. The van der Waals surface area contributed by atoms with Crippen LogP contribution in [0.15, 0.2) is 27.6 Å². The maximum Gasteiger partial charge on any atom is 0.338 e. The lowest BCUT2D eigenvalue weighted by atomic mass is 9.96. The zero-order valence-corrected chi connectivity index (χ0v) is 17.6. The molecule has 0 fully saturated rings. The van der Waals surface area contributed by atoms with Crippen molar-refractivity contribution >= 4 is 16.0 Å². The van der Waals surface area contributed by atoms with E-state index in [0.29, 0.717) is 5.82 Å². The Balaban J connectivity index is 2.20. The smallest absolute Gasteiger partial charge is 0.338 e. The third-order valence-electron chi connectivity index (χ3n) is 3.55. The average Bonchev–Trinajstić information content (AvgIpc) is 3.07. The Hall–Kier alpha value is -2.46. The summed E-state index contributed by atoms with van der Waals surface area (Å²) in [6.45, 7) is 8.95. The van der Waals surface area contributed by atoms with Gasteiger partial charge in [-0.2, -0.15) is 4.98 Å². The fourth-order valence-electron chi connectivity index (χ4n) is 2.22. The van der Waals surface area contributed by atoms with Gasteiger partial charge >= 0.3 is 5.97 Å². The second-order valence-corrected chi connectivity index (χ2v) is 9.16. The van der Waals surface area contributed by atoms with Gasteiger partial charge in [-0.05, 0) is 32.0 Å². The van der Waals surface area contributed by atoms with E-state index in [4.69, 9.17) is 14.0 Å². The predicted octanol–water partition coefficient (Wildman–Crippen LogP) is 2.42. The third-order valence-corrected chi connectivity index (χ3v) is 5.23. The highest BCUT2D eigenvalue weighted by Gasteiger charge is 2.24. The molecule has 0 aliphatic heterocycles. The van der Waals surface area contributed by atoms with Gasteiger partial charge in [-0.15, -0.1) is 0 Å². The molecule has 1 aromatic carbocycles. The van der Waals surface area contributed by atoms with E-state index < -0.39 is 16.0 Å². The molecule has 28 heavy (non-hydrogen) atoms. The van der Waals surface area contributed by atoms with E-state index >= 15 is 0 Å². The first-order chi connectivity index (χ1) is 12.9. The molecule has 0 atom stereocenters. The molecule has 0 aliphatic rings. The number of rotatable bonds is 7. The molecule has 154 valence electrons. The van der Waals surface area contributed by atoms with E-state index in [9.17, 15) is 13.2 Å². The number of nitrogens with one attached hydrogen (secondary N) is 1. The molecule has 0 radical (unpaired) electrons. The standard InChI is InChI=1S/C18H25N3O6S/c1-11(2)21-28(23,24)14-9-12(7-8-13(14)25-6)16(22)26-10-15-19-17(20-27-15)18(3,4)5/h7-9,11,21H,10H2,1-6H3. The number of aromatic nitrogens is 2. The third kappa shape index (κ3) is 5.29. The number of benzene rings is 1. The molecule has 0 bridgehead atoms. The Kier molecular flexibility index (Phi) is 6.45. The molecule has 0 saturated heterocycles. The molecule has 0 aliphatic carbocycles. The summed E-state index contributed by atoms with van der Waals surface area (Å²) < 4.78 is 42.8. The predicted molar refractivity (Wildman–Crippen MR) is 101 cm³/mol. The normalized spacial score (nSPS) is 12.2. The van der Waals surface area contributed by atoms with Gasteiger partial charge in [0.2, 0.25) is 10.0 Å². The highest BCUT2D eigenvalue weighted by Crippen LogP contribution is 2.26. The van der Waals surface area contributed by atoms with Crippen LogP contribution in [0, 0.1) is 0 Å². The molecule has 1 aromatic heterocycles. The number of sulfonamides is 1. The largest absolute Gasteiger partial charge is 0.495 e. The van der Waals surface area contributed by atoms with Crippen LogP contribution in [-0.4, -0.2) is 37.7 Å². The van der Waals surface area contributed by atoms with Crippen LogP contribution in [0.4, 0.5) is 0 Å². The Morgan fingerprint density at radius 3 is 2.50 bits per heavy atom. The number of hydrogen-bond donors (Lipinski definition) is 1. The van der Waals surface area contributed by atoms with Gasteiger partial charge in [-0.1, -0.05) is 25.9 Å². The molecule has 2 rings (SSSR count). The summed E-state index contributed by atoms with van der Waals surface area (Å²) in [7, 11) is -2.51. The highest BCUT2D eigenvalue weighted by atomic mass is 32.2. The Bertz CT molecular complexity index is 944. The minimum atomic E-state index is -3.86. The first kappa shape index (κ1) is 21.8. The first-order valence-electron chi connectivity index (χ1n) is 8.64. The molecule has 0 spiro atoms. The van der Waals surface area contributed by atoms with Gasteiger partial charge in [0.25, 0.3) is 5.89 Å². The highest BCUT2D eigenvalue weighted by molar-refractivity contribution is 7.89. The van der Waals surface area contributed by atoms with Crippen molar-refractivity contribution < 1.29 is 27.2 Å². The molecule has 2 aromatic rings. The Morgan fingerprint density at radius 1 is 1.29 bits per heavy atom. The monoisotopic (exact) mass is 411 g/mol. The van der Waals surface area contributed by atoms with E-state index in [-0.39, 0.29) is 40.2 Å². The summed E-state index contributed by atoms with van der Waals surface area (Å²) in [6, 6.07) is 3.71. The molecule has 0 amide bonds. The van der Waals surface area contributed by atoms with Gasteiger partial charge in [-0.3, -0.25) is 0 Å². The lowest BCUT2D eigenvalue weighted by Gasteiger charge is -2.13. The molecular formula is C18H25N3O6S. The fourth-order valence-corrected chi connectivity index (χ4v) is 3.66. The number of esters is 1.